The average Bonchev–Trinajstić information content (AvgIpc) is 3.39. The van der Waals surface area contributed by atoms with Crippen LogP contribution in [0.25, 0.3) is 0 Å². The van der Waals surface area contributed by atoms with Crippen molar-refractivity contribution in [3.05, 3.63) is 38.2 Å². The molecule has 0 bridgehead atoms. The lowest BCUT2D eigenvalue weighted by atomic mass is 10.0. The highest BCUT2D eigenvalue weighted by atomic mass is 32.2. The zero-order chi connectivity index (χ0) is 25.4. The van der Waals surface area contributed by atoms with Gasteiger partial charge in [0.15, 0.2) is 4.34 Å². The molecule has 2 aliphatic rings. The predicted octanol–water partition coefficient (Wildman–Crippen LogP) is 1.43. The number of nitrogens with one attached hydrogen (secondary N) is 1. The largest absolute Gasteiger partial charge is 0.477 e. The number of amides is 2. The number of aryl methyl sites for hydroxylation is 2. The SMILES string of the molecule is Cc1nnc(SCC2=C(C(=O)O)N3C(=O)[C@H](NC(=O)[C@H](C)Cn4nc([N+](=O)[O-])cc4C)[C@@H]3SC2)s1. The fourth-order valence-electron chi connectivity index (χ4n) is 3.68. The molecule has 186 valence electrons. The quantitative estimate of drug-likeness (QED) is 0.204. The first-order valence-corrected chi connectivity index (χ1v) is 13.2. The third kappa shape index (κ3) is 5.04. The van der Waals surface area contributed by atoms with Crippen molar-refractivity contribution in [3.63, 3.8) is 0 Å². The molecule has 3 atom stereocenters. The van der Waals surface area contributed by atoms with Crippen LogP contribution in [0.4, 0.5) is 5.82 Å². The molecule has 2 aromatic rings. The van der Waals surface area contributed by atoms with Crippen LogP contribution in [0.15, 0.2) is 21.7 Å². The van der Waals surface area contributed by atoms with Gasteiger partial charge in [0.1, 0.15) is 22.1 Å². The Labute approximate surface area is 211 Å². The lowest BCUT2D eigenvalue weighted by Gasteiger charge is -2.49. The third-order valence-electron chi connectivity index (χ3n) is 5.47. The van der Waals surface area contributed by atoms with E-state index in [2.05, 4.69) is 20.6 Å². The molecular weight excluding hydrogens is 518 g/mol. The highest BCUT2D eigenvalue weighted by Gasteiger charge is 2.54. The van der Waals surface area contributed by atoms with Gasteiger partial charge in [-0.15, -0.1) is 22.0 Å². The second-order valence-corrected chi connectivity index (χ2v) is 11.5. The molecule has 4 heterocycles. The van der Waals surface area contributed by atoms with Crippen molar-refractivity contribution in [2.75, 3.05) is 11.5 Å². The van der Waals surface area contributed by atoms with Gasteiger partial charge in [-0.25, -0.2) is 4.79 Å². The van der Waals surface area contributed by atoms with Gasteiger partial charge < -0.3 is 20.5 Å². The van der Waals surface area contributed by atoms with Crippen LogP contribution >= 0.6 is 34.9 Å². The number of nitro groups is 1. The highest BCUT2D eigenvalue weighted by Crippen LogP contribution is 2.41. The summed E-state index contributed by atoms with van der Waals surface area (Å²) in [4.78, 5) is 49.2. The van der Waals surface area contributed by atoms with E-state index in [-0.39, 0.29) is 18.1 Å². The number of aliphatic carboxylic acids is 1. The topological polar surface area (TPSA) is 173 Å². The van der Waals surface area contributed by atoms with Crippen molar-refractivity contribution in [1.82, 2.24) is 30.2 Å². The molecule has 1 fully saturated rings. The van der Waals surface area contributed by atoms with Crippen LogP contribution in [0.3, 0.4) is 0 Å². The van der Waals surface area contributed by atoms with Crippen molar-refractivity contribution in [1.29, 1.82) is 0 Å². The number of carboxylic acids is 1. The second-order valence-electron chi connectivity index (χ2n) is 8.01. The molecule has 2 aromatic heterocycles. The Morgan fingerprint density at radius 3 is 2.74 bits per heavy atom. The number of carbonyl (C=O) groups is 3. The lowest BCUT2D eigenvalue weighted by Crippen LogP contribution is -2.71. The van der Waals surface area contributed by atoms with Crippen LogP contribution in [-0.2, 0) is 20.9 Å². The smallest absolute Gasteiger partial charge is 0.390 e. The standard InChI is InChI=1S/C19H21N7O6S3/c1-8(5-24-9(2)4-12(23-24)26(31)32)15(27)20-13-16(28)25-14(18(29)30)11(6-33-17(13)25)7-34-19-22-21-10(3)35-19/h4,8,13,17H,5-7H2,1-3H3,(H,20,27)(H,29,30)/t8-,13+,17+/m1/s1. The van der Waals surface area contributed by atoms with E-state index in [1.807, 2.05) is 6.92 Å². The molecule has 0 unspecified atom stereocenters. The van der Waals surface area contributed by atoms with Gasteiger partial charge in [0.05, 0.1) is 29.3 Å². The maximum absolute atomic E-state index is 12.9. The van der Waals surface area contributed by atoms with E-state index in [1.54, 1.807) is 13.8 Å². The summed E-state index contributed by atoms with van der Waals surface area (Å²) in [6.07, 6.45) is 0. The van der Waals surface area contributed by atoms with Gasteiger partial charge in [-0.2, -0.15) is 4.68 Å². The molecule has 2 aliphatic heterocycles. The maximum atomic E-state index is 12.9. The molecule has 0 aliphatic carbocycles. The number of rotatable bonds is 9. The number of carbonyl (C=O) groups excluding carboxylic acids is 2. The molecular formula is C19H21N7O6S3. The van der Waals surface area contributed by atoms with E-state index in [1.165, 1.54) is 50.5 Å². The molecule has 0 radical (unpaired) electrons. The number of carboxylic acid groups (broad SMARTS) is 1. The summed E-state index contributed by atoms with van der Waals surface area (Å²) in [6, 6.07) is 0.468. The fourth-order valence-corrected chi connectivity index (χ4v) is 6.99. The Morgan fingerprint density at radius 2 is 2.14 bits per heavy atom. The van der Waals surface area contributed by atoms with Crippen molar-refractivity contribution in [2.45, 2.75) is 43.1 Å². The van der Waals surface area contributed by atoms with Crippen LogP contribution in [0, 0.1) is 29.9 Å². The number of β-lactam (4-membered cyclic amide) rings is 1. The number of aromatic nitrogens is 4. The lowest BCUT2D eigenvalue weighted by molar-refractivity contribution is -0.389. The maximum Gasteiger partial charge on any atom is 0.390 e. The van der Waals surface area contributed by atoms with Crippen LogP contribution < -0.4 is 5.32 Å². The zero-order valence-corrected chi connectivity index (χ0v) is 21.3. The number of nitrogens with zero attached hydrogens (tertiary/aromatic N) is 6. The average molecular weight is 540 g/mol. The van der Waals surface area contributed by atoms with Gasteiger partial charge in [-0.1, -0.05) is 30.0 Å². The van der Waals surface area contributed by atoms with Crippen molar-refractivity contribution < 1.29 is 24.4 Å². The normalized spacial score (nSPS) is 20.3. The van der Waals surface area contributed by atoms with Gasteiger partial charge in [0.25, 0.3) is 5.91 Å². The van der Waals surface area contributed by atoms with Gasteiger partial charge in [0.2, 0.25) is 5.91 Å². The second kappa shape index (κ2) is 9.94. The Kier molecular flexibility index (Phi) is 7.14. The van der Waals surface area contributed by atoms with E-state index in [0.29, 0.717) is 22.8 Å². The highest BCUT2D eigenvalue weighted by molar-refractivity contribution is 8.01. The minimum absolute atomic E-state index is 0.0505. The Bertz CT molecular complexity index is 1240. The number of thioether (sulfide) groups is 2. The number of hydrogen-bond donors (Lipinski definition) is 2. The number of hydrogen-bond acceptors (Lipinski definition) is 11. The Balaban J connectivity index is 1.40. The molecule has 35 heavy (non-hydrogen) atoms. The Morgan fingerprint density at radius 1 is 1.40 bits per heavy atom. The van der Waals surface area contributed by atoms with Crippen LogP contribution in [-0.4, -0.2) is 75.6 Å². The summed E-state index contributed by atoms with van der Waals surface area (Å²) in [5.74, 6) is -2.26. The molecule has 2 N–H and O–H groups in total. The van der Waals surface area contributed by atoms with Crippen molar-refractivity contribution in [2.24, 2.45) is 5.92 Å². The molecule has 1 saturated heterocycles. The van der Waals surface area contributed by atoms with Gasteiger partial charge in [-0.3, -0.25) is 14.5 Å². The minimum Gasteiger partial charge on any atom is -0.477 e. The fraction of sp³-hybridized carbons (Fsp3) is 0.474. The monoisotopic (exact) mass is 539 g/mol. The Hall–Kier alpha value is -2.98. The molecule has 13 nitrogen and oxygen atoms in total. The summed E-state index contributed by atoms with van der Waals surface area (Å²) in [5, 5.41) is 35.6. The zero-order valence-electron chi connectivity index (χ0n) is 18.8. The molecule has 16 heteroatoms. The molecule has 0 spiro atoms. The predicted molar refractivity (Wildman–Crippen MR) is 128 cm³/mol. The summed E-state index contributed by atoms with van der Waals surface area (Å²) >= 11 is 4.17. The first-order chi connectivity index (χ1) is 16.6. The van der Waals surface area contributed by atoms with Gasteiger partial charge in [-0.05, 0) is 24.3 Å². The van der Waals surface area contributed by atoms with Crippen LogP contribution in [0.5, 0.6) is 0 Å². The van der Waals surface area contributed by atoms with E-state index in [9.17, 15) is 29.6 Å². The summed E-state index contributed by atoms with van der Waals surface area (Å²) in [7, 11) is 0. The van der Waals surface area contributed by atoms with Crippen LogP contribution in [0.1, 0.15) is 17.6 Å². The van der Waals surface area contributed by atoms with Gasteiger partial charge in [0, 0.05) is 11.5 Å². The van der Waals surface area contributed by atoms with Gasteiger partial charge >= 0.3 is 11.8 Å². The third-order valence-corrected chi connectivity index (χ3v) is 8.87. The molecule has 0 saturated carbocycles. The van der Waals surface area contributed by atoms with E-state index in [4.69, 9.17) is 0 Å². The van der Waals surface area contributed by atoms with Crippen molar-refractivity contribution in [3.8, 4) is 0 Å². The minimum atomic E-state index is -1.19. The van der Waals surface area contributed by atoms with Crippen molar-refractivity contribution >= 4 is 58.5 Å². The molecule has 2 amide bonds. The van der Waals surface area contributed by atoms with E-state index >= 15 is 0 Å². The summed E-state index contributed by atoms with van der Waals surface area (Å²) < 4.78 is 2.10. The molecule has 0 aromatic carbocycles. The first kappa shape index (κ1) is 25.1. The summed E-state index contributed by atoms with van der Waals surface area (Å²) in [6.45, 7) is 5.21. The summed E-state index contributed by atoms with van der Waals surface area (Å²) in [5.41, 5.74) is 1.10. The first-order valence-electron chi connectivity index (χ1n) is 10.4. The van der Waals surface area contributed by atoms with E-state index in [0.717, 1.165) is 9.35 Å². The number of fused-ring (bicyclic) bond motifs is 1. The van der Waals surface area contributed by atoms with Crippen LogP contribution in [0.2, 0.25) is 0 Å². The van der Waals surface area contributed by atoms with E-state index < -0.39 is 40.0 Å². The molecule has 4 rings (SSSR count).